The molecular weight excluding hydrogens is 208 g/mol. The molecule has 1 atom stereocenters. The fourth-order valence-electron chi connectivity index (χ4n) is 3.07. The summed E-state index contributed by atoms with van der Waals surface area (Å²) in [6.45, 7) is 4.26. The van der Waals surface area contributed by atoms with E-state index in [1.807, 2.05) is 0 Å². The van der Waals surface area contributed by atoms with Gasteiger partial charge in [0.05, 0.1) is 6.10 Å². The van der Waals surface area contributed by atoms with Gasteiger partial charge in [0.1, 0.15) is 0 Å². The molecule has 1 N–H and O–H groups in total. The molecule has 1 aliphatic rings. The number of rotatable bonds is 5. The van der Waals surface area contributed by atoms with Crippen molar-refractivity contribution in [2.24, 2.45) is 11.3 Å². The Bertz CT molecular complexity index is 338. The molecule has 0 unspecified atom stereocenters. The van der Waals surface area contributed by atoms with E-state index in [2.05, 4.69) is 44.2 Å². The van der Waals surface area contributed by atoms with E-state index < -0.39 is 0 Å². The standard InChI is InChI=1S/C16H24O/c1-13(2)15(17)16(10-6-11-16)12-9-14-7-4-3-5-8-14/h3-5,7-8,13,15,17H,6,9-12H2,1-2H3/t15-/m1/s1. The maximum Gasteiger partial charge on any atom is 0.0619 e. The van der Waals surface area contributed by atoms with E-state index in [4.69, 9.17) is 0 Å². The molecule has 0 aliphatic heterocycles. The van der Waals surface area contributed by atoms with Gasteiger partial charge in [-0.3, -0.25) is 0 Å². The summed E-state index contributed by atoms with van der Waals surface area (Å²) in [7, 11) is 0. The minimum Gasteiger partial charge on any atom is -0.392 e. The van der Waals surface area contributed by atoms with E-state index in [0.717, 1.165) is 12.8 Å². The van der Waals surface area contributed by atoms with E-state index in [1.165, 1.54) is 24.8 Å². The summed E-state index contributed by atoms with van der Waals surface area (Å²) < 4.78 is 0. The largest absolute Gasteiger partial charge is 0.392 e. The van der Waals surface area contributed by atoms with Crippen molar-refractivity contribution in [3.8, 4) is 0 Å². The molecular formula is C16H24O. The lowest BCUT2D eigenvalue weighted by Gasteiger charge is -2.47. The van der Waals surface area contributed by atoms with Crippen molar-refractivity contribution in [2.45, 2.75) is 52.1 Å². The predicted molar refractivity (Wildman–Crippen MR) is 71.9 cm³/mol. The second-order valence-electron chi connectivity index (χ2n) is 5.89. The van der Waals surface area contributed by atoms with Crippen LogP contribution in [0, 0.1) is 11.3 Å². The first-order valence-corrected chi connectivity index (χ1v) is 6.86. The van der Waals surface area contributed by atoms with Crippen LogP contribution < -0.4 is 0 Å². The Kier molecular flexibility index (Phi) is 3.88. The maximum atomic E-state index is 10.4. The highest BCUT2D eigenvalue weighted by molar-refractivity contribution is 5.15. The van der Waals surface area contributed by atoms with Gasteiger partial charge in [0.2, 0.25) is 0 Å². The van der Waals surface area contributed by atoms with Gasteiger partial charge < -0.3 is 5.11 Å². The van der Waals surface area contributed by atoms with Gasteiger partial charge in [-0.25, -0.2) is 0 Å². The fourth-order valence-corrected chi connectivity index (χ4v) is 3.07. The third-order valence-electron chi connectivity index (χ3n) is 4.36. The van der Waals surface area contributed by atoms with Gasteiger partial charge in [0.15, 0.2) is 0 Å². The highest BCUT2D eigenvalue weighted by Crippen LogP contribution is 2.49. The summed E-state index contributed by atoms with van der Waals surface area (Å²) in [6.07, 6.45) is 5.82. The van der Waals surface area contributed by atoms with Crippen LogP contribution in [0.4, 0.5) is 0 Å². The van der Waals surface area contributed by atoms with Crippen molar-refractivity contribution in [1.29, 1.82) is 0 Å². The molecule has 0 spiro atoms. The molecule has 0 saturated heterocycles. The quantitative estimate of drug-likeness (QED) is 0.818. The minimum absolute atomic E-state index is 0.125. The molecule has 0 bridgehead atoms. The normalized spacial score (nSPS) is 20.0. The third-order valence-corrected chi connectivity index (χ3v) is 4.36. The topological polar surface area (TPSA) is 20.2 Å². The molecule has 17 heavy (non-hydrogen) atoms. The molecule has 0 amide bonds. The Labute approximate surface area is 105 Å². The Balaban J connectivity index is 1.96. The van der Waals surface area contributed by atoms with Crippen molar-refractivity contribution in [3.63, 3.8) is 0 Å². The molecule has 1 heteroatoms. The SMILES string of the molecule is CC(C)[C@@H](O)C1(CCc2ccccc2)CCC1. The smallest absolute Gasteiger partial charge is 0.0619 e. The number of aliphatic hydroxyl groups excluding tert-OH is 1. The molecule has 2 rings (SSSR count). The second-order valence-corrected chi connectivity index (χ2v) is 5.89. The van der Waals surface area contributed by atoms with Crippen LogP contribution in [-0.4, -0.2) is 11.2 Å². The van der Waals surface area contributed by atoms with Crippen molar-refractivity contribution in [3.05, 3.63) is 35.9 Å². The van der Waals surface area contributed by atoms with Crippen LogP contribution in [0.25, 0.3) is 0 Å². The predicted octanol–water partition coefficient (Wildman–Crippen LogP) is 3.81. The lowest BCUT2D eigenvalue weighted by molar-refractivity contribution is -0.0660. The van der Waals surface area contributed by atoms with Crippen molar-refractivity contribution in [1.82, 2.24) is 0 Å². The van der Waals surface area contributed by atoms with E-state index in [9.17, 15) is 5.11 Å². The summed E-state index contributed by atoms with van der Waals surface area (Å²) >= 11 is 0. The van der Waals surface area contributed by atoms with Crippen LogP contribution in [-0.2, 0) is 6.42 Å². The molecule has 1 aliphatic carbocycles. The van der Waals surface area contributed by atoms with Gasteiger partial charge in [-0.05, 0) is 42.6 Å². The summed E-state index contributed by atoms with van der Waals surface area (Å²) in [5.41, 5.74) is 1.61. The Morgan fingerprint density at radius 2 is 1.82 bits per heavy atom. The van der Waals surface area contributed by atoms with E-state index in [-0.39, 0.29) is 11.5 Å². The zero-order chi connectivity index (χ0) is 12.3. The van der Waals surface area contributed by atoms with Gasteiger partial charge in [-0.1, -0.05) is 50.6 Å². The number of hydrogen-bond donors (Lipinski definition) is 1. The summed E-state index contributed by atoms with van der Waals surface area (Å²) in [5, 5.41) is 10.4. The van der Waals surface area contributed by atoms with Crippen molar-refractivity contribution >= 4 is 0 Å². The highest BCUT2D eigenvalue weighted by atomic mass is 16.3. The van der Waals surface area contributed by atoms with Gasteiger partial charge in [0, 0.05) is 0 Å². The van der Waals surface area contributed by atoms with Crippen LogP contribution in [0.5, 0.6) is 0 Å². The third kappa shape index (κ3) is 2.71. The highest BCUT2D eigenvalue weighted by Gasteiger charge is 2.43. The minimum atomic E-state index is -0.125. The molecule has 94 valence electrons. The molecule has 1 nitrogen and oxygen atoms in total. The Morgan fingerprint density at radius 3 is 2.29 bits per heavy atom. The van der Waals surface area contributed by atoms with Crippen LogP contribution in [0.2, 0.25) is 0 Å². The maximum absolute atomic E-state index is 10.4. The Hall–Kier alpha value is -0.820. The second kappa shape index (κ2) is 5.22. The van der Waals surface area contributed by atoms with Crippen LogP contribution in [0.15, 0.2) is 30.3 Å². The molecule has 1 fully saturated rings. The zero-order valence-corrected chi connectivity index (χ0v) is 11.0. The first kappa shape index (κ1) is 12.6. The number of benzene rings is 1. The monoisotopic (exact) mass is 232 g/mol. The molecule has 0 aromatic heterocycles. The first-order valence-electron chi connectivity index (χ1n) is 6.86. The van der Waals surface area contributed by atoms with E-state index >= 15 is 0 Å². The molecule has 0 radical (unpaired) electrons. The summed E-state index contributed by atoms with van der Waals surface area (Å²) in [6, 6.07) is 10.6. The molecule has 1 saturated carbocycles. The van der Waals surface area contributed by atoms with E-state index in [1.54, 1.807) is 0 Å². The average Bonchev–Trinajstić information content (AvgIpc) is 2.28. The van der Waals surface area contributed by atoms with Crippen LogP contribution in [0.1, 0.15) is 45.1 Å². The number of aryl methyl sites for hydroxylation is 1. The van der Waals surface area contributed by atoms with Gasteiger partial charge >= 0.3 is 0 Å². The van der Waals surface area contributed by atoms with Crippen molar-refractivity contribution in [2.75, 3.05) is 0 Å². The van der Waals surface area contributed by atoms with Crippen LogP contribution >= 0.6 is 0 Å². The summed E-state index contributed by atoms with van der Waals surface area (Å²) in [5.74, 6) is 0.381. The first-order chi connectivity index (χ1) is 8.14. The van der Waals surface area contributed by atoms with Crippen LogP contribution in [0.3, 0.4) is 0 Å². The van der Waals surface area contributed by atoms with E-state index in [0.29, 0.717) is 5.92 Å². The van der Waals surface area contributed by atoms with Gasteiger partial charge in [-0.2, -0.15) is 0 Å². The Morgan fingerprint density at radius 1 is 1.18 bits per heavy atom. The molecule has 1 aromatic rings. The number of aliphatic hydroxyl groups is 1. The molecule has 0 heterocycles. The lowest BCUT2D eigenvalue weighted by Crippen LogP contribution is -2.44. The number of hydrogen-bond acceptors (Lipinski definition) is 1. The fraction of sp³-hybridized carbons (Fsp3) is 0.625. The lowest BCUT2D eigenvalue weighted by atomic mass is 9.60. The summed E-state index contributed by atoms with van der Waals surface area (Å²) in [4.78, 5) is 0. The zero-order valence-electron chi connectivity index (χ0n) is 11.0. The van der Waals surface area contributed by atoms with Gasteiger partial charge in [0.25, 0.3) is 0 Å². The van der Waals surface area contributed by atoms with Crippen molar-refractivity contribution < 1.29 is 5.11 Å². The molecule has 1 aromatic carbocycles. The van der Waals surface area contributed by atoms with Gasteiger partial charge in [-0.15, -0.1) is 0 Å². The average molecular weight is 232 g/mol.